The maximum atomic E-state index is 12.6. The Morgan fingerprint density at radius 3 is 1.63 bits per heavy atom. The molecule has 2 aromatic rings. The number of aliphatic carboxylic acids is 1. The van der Waals surface area contributed by atoms with Gasteiger partial charge in [-0.3, -0.25) is 9.59 Å². The second-order valence-corrected chi connectivity index (χ2v) is 6.63. The van der Waals surface area contributed by atoms with Crippen LogP contribution in [0.15, 0.2) is 48.5 Å². The van der Waals surface area contributed by atoms with Crippen LogP contribution in [0.4, 0.5) is 26.3 Å². The third-order valence-corrected chi connectivity index (χ3v) is 4.20. The van der Waals surface area contributed by atoms with Gasteiger partial charge in [-0.2, -0.15) is 26.3 Å². The summed E-state index contributed by atoms with van der Waals surface area (Å²) in [6.07, 6.45) is -9.78. The minimum Gasteiger partial charge on any atom is -0.481 e. The zero-order chi connectivity index (χ0) is 22.5. The van der Waals surface area contributed by atoms with Gasteiger partial charge in [0.1, 0.15) is 0 Å². The van der Waals surface area contributed by atoms with Crippen molar-refractivity contribution < 1.29 is 41.0 Å². The first-order valence-electron chi connectivity index (χ1n) is 8.68. The van der Waals surface area contributed by atoms with E-state index in [2.05, 4.69) is 5.32 Å². The van der Waals surface area contributed by atoms with Gasteiger partial charge in [0.05, 0.1) is 24.0 Å². The average Bonchev–Trinajstić information content (AvgIpc) is 2.60. The fraction of sp³-hybridized carbons (Fsp3) is 0.300. The molecule has 2 N–H and O–H groups in total. The standard InChI is InChI=1S/C20H17F6NO3/c21-19(22,23)14-5-1-12(2-6-14)9-16(11-18(29)30)27-17(28)10-13-3-7-15(8-4-13)20(24,25)26/h1-8,16H,9-11H2,(H,27,28)(H,29,30)/t16-/m0/s1. The molecule has 0 aliphatic carbocycles. The van der Waals surface area contributed by atoms with Crippen LogP contribution in [-0.4, -0.2) is 23.0 Å². The molecule has 0 fully saturated rings. The molecule has 0 aliphatic rings. The van der Waals surface area contributed by atoms with Gasteiger partial charge < -0.3 is 10.4 Å². The molecule has 30 heavy (non-hydrogen) atoms. The molecule has 2 aromatic carbocycles. The van der Waals surface area contributed by atoms with Crippen molar-refractivity contribution in [3.63, 3.8) is 0 Å². The molecule has 0 heterocycles. The Hall–Kier alpha value is -3.04. The van der Waals surface area contributed by atoms with E-state index in [-0.39, 0.29) is 12.8 Å². The first kappa shape index (κ1) is 23.2. The van der Waals surface area contributed by atoms with Crippen LogP contribution in [-0.2, 0) is 34.8 Å². The van der Waals surface area contributed by atoms with Crippen LogP contribution in [0.2, 0.25) is 0 Å². The number of carbonyl (C=O) groups excluding carboxylic acids is 1. The highest BCUT2D eigenvalue weighted by atomic mass is 19.4. The summed E-state index contributed by atoms with van der Waals surface area (Å²) in [5.41, 5.74) is -1.03. The van der Waals surface area contributed by atoms with E-state index in [0.717, 1.165) is 36.4 Å². The molecule has 1 amide bonds. The highest BCUT2D eigenvalue weighted by Gasteiger charge is 2.31. The number of carboxylic acid groups (broad SMARTS) is 1. The van der Waals surface area contributed by atoms with Crippen LogP contribution in [0.25, 0.3) is 0 Å². The van der Waals surface area contributed by atoms with Gasteiger partial charge in [-0.15, -0.1) is 0 Å². The SMILES string of the molecule is O=C(O)C[C@H](Cc1ccc(C(F)(F)F)cc1)NC(=O)Cc1ccc(C(F)(F)F)cc1. The van der Waals surface area contributed by atoms with E-state index in [1.54, 1.807) is 0 Å². The van der Waals surface area contributed by atoms with Crippen LogP contribution in [0, 0.1) is 0 Å². The lowest BCUT2D eigenvalue weighted by molar-refractivity contribution is -0.138. The summed E-state index contributed by atoms with van der Waals surface area (Å²) in [5, 5.41) is 11.5. The maximum absolute atomic E-state index is 12.6. The zero-order valence-electron chi connectivity index (χ0n) is 15.3. The molecular weight excluding hydrogens is 416 g/mol. The summed E-state index contributed by atoms with van der Waals surface area (Å²) in [5.74, 6) is -1.84. The van der Waals surface area contributed by atoms with E-state index in [1.807, 2.05) is 0 Å². The Labute approximate surface area is 167 Å². The van der Waals surface area contributed by atoms with Crippen LogP contribution in [0.3, 0.4) is 0 Å². The highest BCUT2D eigenvalue weighted by molar-refractivity contribution is 5.79. The number of hydrogen-bond acceptors (Lipinski definition) is 2. The number of halogens is 6. The van der Waals surface area contributed by atoms with Crippen LogP contribution >= 0.6 is 0 Å². The number of rotatable bonds is 7. The van der Waals surface area contributed by atoms with E-state index in [9.17, 15) is 35.9 Å². The van der Waals surface area contributed by atoms with E-state index in [0.29, 0.717) is 11.1 Å². The second kappa shape index (κ2) is 9.19. The molecule has 0 saturated heterocycles. The topological polar surface area (TPSA) is 66.4 Å². The fourth-order valence-electron chi connectivity index (χ4n) is 2.78. The molecular formula is C20H17F6NO3. The number of alkyl halides is 6. The van der Waals surface area contributed by atoms with Crippen LogP contribution in [0.5, 0.6) is 0 Å². The van der Waals surface area contributed by atoms with Crippen molar-refractivity contribution >= 4 is 11.9 Å². The predicted octanol–water partition coefficient (Wildman–Crippen LogP) is 4.47. The number of hydrogen-bond donors (Lipinski definition) is 2. The molecule has 0 bridgehead atoms. The maximum Gasteiger partial charge on any atom is 0.416 e. The quantitative estimate of drug-likeness (QED) is 0.634. The average molecular weight is 433 g/mol. The molecule has 4 nitrogen and oxygen atoms in total. The molecule has 10 heteroatoms. The zero-order valence-corrected chi connectivity index (χ0v) is 15.3. The first-order valence-corrected chi connectivity index (χ1v) is 8.68. The molecule has 2 rings (SSSR count). The number of amides is 1. The summed E-state index contributed by atoms with van der Waals surface area (Å²) in [6, 6.07) is 7.16. The number of carbonyl (C=O) groups is 2. The van der Waals surface area contributed by atoms with Crippen LogP contribution < -0.4 is 5.32 Å². The molecule has 0 spiro atoms. The lowest BCUT2D eigenvalue weighted by Gasteiger charge is -2.18. The summed E-state index contributed by atoms with van der Waals surface area (Å²) >= 11 is 0. The van der Waals surface area contributed by atoms with Gasteiger partial charge in [0.25, 0.3) is 0 Å². The predicted molar refractivity (Wildman–Crippen MR) is 94.5 cm³/mol. The Morgan fingerprint density at radius 1 is 0.800 bits per heavy atom. The van der Waals surface area contributed by atoms with Gasteiger partial charge in [0.2, 0.25) is 5.91 Å². The normalized spacial score (nSPS) is 13.0. The Morgan fingerprint density at radius 2 is 1.23 bits per heavy atom. The van der Waals surface area contributed by atoms with Crippen molar-refractivity contribution in [1.82, 2.24) is 5.32 Å². The lowest BCUT2D eigenvalue weighted by Crippen LogP contribution is -2.39. The van der Waals surface area contributed by atoms with Crippen molar-refractivity contribution in [2.45, 2.75) is 37.7 Å². The molecule has 0 aromatic heterocycles. The van der Waals surface area contributed by atoms with Crippen molar-refractivity contribution in [3.05, 3.63) is 70.8 Å². The van der Waals surface area contributed by atoms with E-state index in [4.69, 9.17) is 5.11 Å². The third-order valence-electron chi connectivity index (χ3n) is 4.20. The fourth-order valence-corrected chi connectivity index (χ4v) is 2.78. The van der Waals surface area contributed by atoms with E-state index < -0.39 is 47.8 Å². The highest BCUT2D eigenvalue weighted by Crippen LogP contribution is 2.30. The molecule has 162 valence electrons. The largest absolute Gasteiger partial charge is 0.481 e. The monoisotopic (exact) mass is 433 g/mol. The molecule has 0 radical (unpaired) electrons. The summed E-state index contributed by atoms with van der Waals surface area (Å²) in [4.78, 5) is 23.2. The Balaban J connectivity index is 2.03. The van der Waals surface area contributed by atoms with Crippen molar-refractivity contribution in [1.29, 1.82) is 0 Å². The smallest absolute Gasteiger partial charge is 0.416 e. The third kappa shape index (κ3) is 7.09. The van der Waals surface area contributed by atoms with Crippen molar-refractivity contribution in [2.75, 3.05) is 0 Å². The van der Waals surface area contributed by atoms with E-state index in [1.165, 1.54) is 12.1 Å². The van der Waals surface area contributed by atoms with E-state index >= 15 is 0 Å². The Bertz CT molecular complexity index is 873. The first-order chi connectivity index (χ1) is 13.8. The van der Waals surface area contributed by atoms with Gasteiger partial charge in [-0.25, -0.2) is 0 Å². The molecule has 0 aliphatic heterocycles. The van der Waals surface area contributed by atoms with Gasteiger partial charge in [0.15, 0.2) is 0 Å². The van der Waals surface area contributed by atoms with Gasteiger partial charge >= 0.3 is 18.3 Å². The minimum absolute atomic E-state index is 0.0246. The van der Waals surface area contributed by atoms with Crippen molar-refractivity contribution in [3.8, 4) is 0 Å². The number of benzene rings is 2. The van der Waals surface area contributed by atoms with Gasteiger partial charge in [0, 0.05) is 6.04 Å². The second-order valence-electron chi connectivity index (χ2n) is 6.63. The summed E-state index contributed by atoms with van der Waals surface area (Å²) < 4.78 is 75.6. The summed E-state index contributed by atoms with van der Waals surface area (Å²) in [7, 11) is 0. The molecule has 0 saturated carbocycles. The van der Waals surface area contributed by atoms with Crippen molar-refractivity contribution in [2.24, 2.45) is 0 Å². The summed E-state index contributed by atoms with van der Waals surface area (Å²) in [6.45, 7) is 0. The lowest BCUT2D eigenvalue weighted by atomic mass is 10.0. The Kier molecular flexibility index (Phi) is 7.12. The minimum atomic E-state index is -4.51. The molecule has 0 unspecified atom stereocenters. The van der Waals surface area contributed by atoms with Crippen LogP contribution in [0.1, 0.15) is 28.7 Å². The molecule has 1 atom stereocenters. The number of nitrogens with one attached hydrogen (secondary N) is 1. The van der Waals surface area contributed by atoms with Gasteiger partial charge in [-0.1, -0.05) is 24.3 Å². The number of carboxylic acids is 1. The van der Waals surface area contributed by atoms with Gasteiger partial charge in [-0.05, 0) is 41.8 Å².